The molecule has 9 nitrogen and oxygen atoms in total. The zero-order chi connectivity index (χ0) is 43.7. The van der Waals surface area contributed by atoms with Crippen molar-refractivity contribution in [2.45, 2.75) is 294 Å². The third-order valence-electron chi connectivity index (χ3n) is 12.6. The Morgan fingerprint density at radius 2 is 0.933 bits per heavy atom. The molecule has 0 spiro atoms. The zero-order valence-electron chi connectivity index (χ0n) is 39.2. The van der Waals surface area contributed by atoms with Crippen molar-refractivity contribution in [1.29, 1.82) is 0 Å². The molecule has 0 aliphatic carbocycles. The second-order valence-corrected chi connectivity index (χ2v) is 18.3. The van der Waals surface area contributed by atoms with E-state index in [1.807, 2.05) is 0 Å². The third-order valence-corrected chi connectivity index (χ3v) is 12.6. The van der Waals surface area contributed by atoms with E-state index in [2.05, 4.69) is 31.3 Å². The fourth-order valence-corrected chi connectivity index (χ4v) is 8.45. The number of carbonyl (C=O) groups excluding carboxylic acids is 1. The molecule has 356 valence electrons. The van der Waals surface area contributed by atoms with Crippen LogP contribution in [0.15, 0.2) is 12.2 Å². The number of nitrogens with one attached hydrogen (secondary N) is 1. The highest BCUT2D eigenvalue weighted by molar-refractivity contribution is 5.76. The highest BCUT2D eigenvalue weighted by Gasteiger charge is 2.44. The molecule has 1 aliphatic rings. The topological polar surface area (TPSA) is 149 Å². The van der Waals surface area contributed by atoms with Gasteiger partial charge in [0.25, 0.3) is 0 Å². The van der Waals surface area contributed by atoms with Gasteiger partial charge in [-0.3, -0.25) is 4.79 Å². The van der Waals surface area contributed by atoms with Crippen LogP contribution in [-0.2, 0) is 14.3 Å². The van der Waals surface area contributed by atoms with Crippen LogP contribution in [-0.4, -0.2) is 87.5 Å². The van der Waals surface area contributed by atoms with Crippen LogP contribution in [0.2, 0.25) is 0 Å². The number of ether oxygens (including phenoxy) is 2. The van der Waals surface area contributed by atoms with Crippen molar-refractivity contribution < 1.29 is 39.8 Å². The van der Waals surface area contributed by atoms with E-state index in [1.54, 1.807) is 0 Å². The summed E-state index contributed by atoms with van der Waals surface area (Å²) in [5.41, 5.74) is 0. The standard InChI is InChI=1S/C51H99NO8/c1-3-5-7-9-11-13-15-17-19-20-21-22-23-24-25-26-27-29-31-33-35-37-39-41-47(55)52-44(43-59-51-50(58)49(57)48(56)46(42-53)60-51)45(54)40-38-36-34-32-30-28-18-16-14-12-10-8-6-4-2/h17,19,44-46,48-51,53-54,56-58H,3-16,18,20-43H2,1-2H3,(H,52,55)/b19-17+/t44-,45+,46-,48-,49?,50?,51-/m0/s1. The minimum atomic E-state index is -1.55. The van der Waals surface area contributed by atoms with Crippen LogP contribution >= 0.6 is 0 Å². The molecule has 0 radical (unpaired) electrons. The average molecular weight is 854 g/mol. The number of aliphatic hydroxyl groups excluding tert-OH is 5. The Hall–Kier alpha value is -1.07. The van der Waals surface area contributed by atoms with Gasteiger partial charge in [0.05, 0.1) is 25.4 Å². The van der Waals surface area contributed by atoms with Gasteiger partial charge in [0.2, 0.25) is 5.91 Å². The number of rotatable bonds is 44. The lowest BCUT2D eigenvalue weighted by Crippen LogP contribution is -2.60. The molecule has 7 atom stereocenters. The van der Waals surface area contributed by atoms with E-state index < -0.39 is 49.5 Å². The van der Waals surface area contributed by atoms with Crippen molar-refractivity contribution in [3.63, 3.8) is 0 Å². The lowest BCUT2D eigenvalue weighted by molar-refractivity contribution is -0.302. The molecule has 1 rings (SSSR count). The first-order valence-corrected chi connectivity index (χ1v) is 25.9. The van der Waals surface area contributed by atoms with E-state index in [4.69, 9.17) is 9.47 Å². The second-order valence-electron chi connectivity index (χ2n) is 18.3. The minimum absolute atomic E-state index is 0.134. The molecule has 2 unspecified atom stereocenters. The first kappa shape index (κ1) is 56.9. The number of unbranched alkanes of at least 4 members (excludes halogenated alkanes) is 32. The van der Waals surface area contributed by atoms with Crippen LogP contribution in [0, 0.1) is 0 Å². The summed E-state index contributed by atoms with van der Waals surface area (Å²) in [5.74, 6) is -0.141. The molecule has 0 aromatic carbocycles. The zero-order valence-corrected chi connectivity index (χ0v) is 39.2. The lowest BCUT2D eigenvalue weighted by atomic mass is 9.99. The van der Waals surface area contributed by atoms with Gasteiger partial charge in [-0.2, -0.15) is 0 Å². The summed E-state index contributed by atoms with van der Waals surface area (Å²) in [6, 6.07) is -0.714. The summed E-state index contributed by atoms with van der Waals surface area (Å²) in [7, 11) is 0. The summed E-state index contributed by atoms with van der Waals surface area (Å²) in [5, 5.41) is 54.5. The Morgan fingerprint density at radius 3 is 1.35 bits per heavy atom. The van der Waals surface area contributed by atoms with Gasteiger partial charge in [-0.1, -0.05) is 219 Å². The maximum absolute atomic E-state index is 13.0. The van der Waals surface area contributed by atoms with Gasteiger partial charge in [-0.15, -0.1) is 0 Å². The molecule has 0 aromatic rings. The van der Waals surface area contributed by atoms with E-state index >= 15 is 0 Å². The molecule has 6 N–H and O–H groups in total. The normalized spacial score (nSPS) is 20.6. The molecule has 0 bridgehead atoms. The molecule has 1 amide bonds. The van der Waals surface area contributed by atoms with Gasteiger partial charge in [-0.05, 0) is 38.5 Å². The van der Waals surface area contributed by atoms with Gasteiger partial charge >= 0.3 is 0 Å². The predicted octanol–water partition coefficient (Wildman–Crippen LogP) is 11.7. The van der Waals surface area contributed by atoms with Crippen molar-refractivity contribution in [2.24, 2.45) is 0 Å². The molecular weight excluding hydrogens is 755 g/mol. The van der Waals surface area contributed by atoms with Gasteiger partial charge in [0.15, 0.2) is 6.29 Å². The van der Waals surface area contributed by atoms with Crippen LogP contribution in [0.5, 0.6) is 0 Å². The summed E-state index contributed by atoms with van der Waals surface area (Å²) < 4.78 is 11.3. The van der Waals surface area contributed by atoms with E-state index in [0.717, 1.165) is 38.5 Å². The number of aliphatic hydroxyl groups is 5. The fraction of sp³-hybridized carbons (Fsp3) is 0.941. The van der Waals surface area contributed by atoms with Crippen molar-refractivity contribution in [1.82, 2.24) is 5.32 Å². The molecule has 0 saturated carbocycles. The van der Waals surface area contributed by atoms with E-state index in [1.165, 1.54) is 186 Å². The summed E-state index contributed by atoms with van der Waals surface area (Å²) in [6.07, 6.45) is 42.2. The van der Waals surface area contributed by atoms with Crippen molar-refractivity contribution in [3.8, 4) is 0 Å². The molecule has 0 aromatic heterocycles. The molecule has 1 fully saturated rings. The highest BCUT2D eigenvalue weighted by atomic mass is 16.7. The maximum atomic E-state index is 13.0. The smallest absolute Gasteiger partial charge is 0.220 e. The average Bonchev–Trinajstić information content (AvgIpc) is 3.25. The van der Waals surface area contributed by atoms with Crippen molar-refractivity contribution in [2.75, 3.05) is 13.2 Å². The first-order chi connectivity index (χ1) is 29.3. The predicted molar refractivity (Wildman–Crippen MR) is 249 cm³/mol. The largest absolute Gasteiger partial charge is 0.394 e. The summed E-state index contributed by atoms with van der Waals surface area (Å²) in [4.78, 5) is 13.0. The highest BCUT2D eigenvalue weighted by Crippen LogP contribution is 2.23. The minimum Gasteiger partial charge on any atom is -0.394 e. The Labute approximate surface area is 369 Å². The quantitative estimate of drug-likeness (QED) is 0.0262. The second kappa shape index (κ2) is 41.9. The van der Waals surface area contributed by atoms with Crippen LogP contribution in [0.3, 0.4) is 0 Å². The molecule has 1 heterocycles. The number of hydrogen-bond donors (Lipinski definition) is 6. The lowest BCUT2D eigenvalue weighted by Gasteiger charge is -2.40. The first-order valence-electron chi connectivity index (χ1n) is 25.9. The summed E-state index contributed by atoms with van der Waals surface area (Å²) in [6.45, 7) is 3.85. The summed E-state index contributed by atoms with van der Waals surface area (Å²) >= 11 is 0. The Morgan fingerprint density at radius 1 is 0.550 bits per heavy atom. The van der Waals surface area contributed by atoms with E-state index in [0.29, 0.717) is 12.8 Å². The SMILES string of the molecule is CCCCCCCC/C=C/CCCCCCCCCCCCCCCC(=O)N[C@@H](CO[C@H]1O[C@@H](CO)[C@H](O)C(O)C1O)[C@H](O)CCCCCCCCCCCCCCCC. The Balaban J connectivity index is 2.22. The monoisotopic (exact) mass is 854 g/mol. The fourth-order valence-electron chi connectivity index (χ4n) is 8.45. The van der Waals surface area contributed by atoms with Crippen molar-refractivity contribution >= 4 is 5.91 Å². The van der Waals surface area contributed by atoms with Crippen molar-refractivity contribution in [3.05, 3.63) is 12.2 Å². The maximum Gasteiger partial charge on any atom is 0.220 e. The van der Waals surface area contributed by atoms with Gasteiger partial charge in [0, 0.05) is 6.42 Å². The third kappa shape index (κ3) is 31.7. The molecular formula is C51H99NO8. The van der Waals surface area contributed by atoms with Gasteiger partial charge < -0.3 is 40.3 Å². The van der Waals surface area contributed by atoms with E-state index in [-0.39, 0.29) is 12.5 Å². The van der Waals surface area contributed by atoms with Gasteiger partial charge in [0.1, 0.15) is 24.4 Å². The molecule has 1 aliphatic heterocycles. The number of hydrogen-bond acceptors (Lipinski definition) is 8. The van der Waals surface area contributed by atoms with Crippen LogP contribution in [0.25, 0.3) is 0 Å². The van der Waals surface area contributed by atoms with E-state index in [9.17, 15) is 30.3 Å². The molecule has 1 saturated heterocycles. The number of amides is 1. The number of carbonyl (C=O) groups is 1. The Kier molecular flexibility index (Phi) is 39.8. The molecule has 60 heavy (non-hydrogen) atoms. The van der Waals surface area contributed by atoms with Crippen LogP contribution < -0.4 is 5.32 Å². The number of allylic oxidation sites excluding steroid dienone is 2. The van der Waals surface area contributed by atoms with Crippen LogP contribution in [0.1, 0.15) is 251 Å². The Bertz CT molecular complexity index is 950. The van der Waals surface area contributed by atoms with Crippen LogP contribution in [0.4, 0.5) is 0 Å². The van der Waals surface area contributed by atoms with Gasteiger partial charge in [-0.25, -0.2) is 0 Å². The molecule has 9 heteroatoms.